The van der Waals surface area contributed by atoms with Crippen molar-refractivity contribution in [1.82, 2.24) is 9.66 Å². The van der Waals surface area contributed by atoms with E-state index in [1.54, 1.807) is 24.3 Å². The third kappa shape index (κ3) is 2.82. The Morgan fingerprint density at radius 3 is 2.74 bits per heavy atom. The molecular formula is C20H23N3O4. The molecule has 2 aliphatic rings. The van der Waals surface area contributed by atoms with Gasteiger partial charge in [0.1, 0.15) is 12.2 Å². The maximum Gasteiger partial charge on any atom is 0.430 e. The fourth-order valence-electron chi connectivity index (χ4n) is 3.62. The van der Waals surface area contributed by atoms with Gasteiger partial charge < -0.3 is 9.84 Å². The molecule has 7 heteroatoms. The number of ether oxygens (including phenoxy) is 1. The van der Waals surface area contributed by atoms with Gasteiger partial charge in [-0.2, -0.15) is 4.68 Å². The number of allylic oxidation sites excluding steroid dienone is 1. The lowest BCUT2D eigenvalue weighted by atomic mass is 9.88. The summed E-state index contributed by atoms with van der Waals surface area (Å²) in [5, 5.41) is 12.7. The maximum absolute atomic E-state index is 13.3. The molecule has 1 aromatic carbocycles. The van der Waals surface area contributed by atoms with Crippen molar-refractivity contribution < 1.29 is 14.6 Å². The molecule has 3 atom stereocenters. The number of aromatic nitrogens is 2. The first-order valence-corrected chi connectivity index (χ1v) is 9.15. The summed E-state index contributed by atoms with van der Waals surface area (Å²) >= 11 is 0. The summed E-state index contributed by atoms with van der Waals surface area (Å²) in [4.78, 5) is 30.6. The average Bonchev–Trinajstić information content (AvgIpc) is 2.96. The van der Waals surface area contributed by atoms with Gasteiger partial charge in [0.25, 0.3) is 5.56 Å². The van der Waals surface area contributed by atoms with Crippen LogP contribution in [0.1, 0.15) is 45.5 Å². The SMILES string of the molecule is CC(C)(C)[C@H](O)c1nc2ccccc2c(=O)n1N1C(=O)O[C@H]2C=CCC[C@H]21. The zero-order chi connectivity index (χ0) is 19.3. The summed E-state index contributed by atoms with van der Waals surface area (Å²) < 4.78 is 6.68. The Labute approximate surface area is 156 Å². The maximum atomic E-state index is 13.3. The predicted molar refractivity (Wildman–Crippen MR) is 101 cm³/mol. The van der Waals surface area contributed by atoms with Crippen LogP contribution in [-0.4, -0.2) is 33.0 Å². The highest BCUT2D eigenvalue weighted by Crippen LogP contribution is 2.34. The predicted octanol–water partition coefficient (Wildman–Crippen LogP) is 2.65. The van der Waals surface area contributed by atoms with E-state index < -0.39 is 23.7 Å². The summed E-state index contributed by atoms with van der Waals surface area (Å²) in [7, 11) is 0. The summed E-state index contributed by atoms with van der Waals surface area (Å²) in [6.45, 7) is 5.58. The fraction of sp³-hybridized carbons (Fsp3) is 0.450. The number of hydrogen-bond acceptors (Lipinski definition) is 5. The van der Waals surface area contributed by atoms with Crippen LogP contribution in [0.5, 0.6) is 0 Å². The number of amides is 1. The quantitative estimate of drug-likeness (QED) is 0.823. The summed E-state index contributed by atoms with van der Waals surface area (Å²) in [5.74, 6) is 0.151. The second-order valence-electron chi connectivity index (χ2n) is 8.14. The van der Waals surface area contributed by atoms with Crippen molar-refractivity contribution in [3.63, 3.8) is 0 Å². The van der Waals surface area contributed by atoms with Crippen LogP contribution in [-0.2, 0) is 4.74 Å². The largest absolute Gasteiger partial charge is 0.438 e. The van der Waals surface area contributed by atoms with E-state index in [4.69, 9.17) is 4.74 Å². The first-order chi connectivity index (χ1) is 12.8. The van der Waals surface area contributed by atoms with Crippen LogP contribution in [0.2, 0.25) is 0 Å². The van der Waals surface area contributed by atoms with Crippen LogP contribution in [0.4, 0.5) is 4.79 Å². The van der Waals surface area contributed by atoms with Gasteiger partial charge in [-0.25, -0.2) is 14.8 Å². The summed E-state index contributed by atoms with van der Waals surface area (Å²) in [6, 6.07) is 6.65. The van der Waals surface area contributed by atoms with Crippen molar-refractivity contribution in [2.45, 2.75) is 51.9 Å². The van der Waals surface area contributed by atoms with E-state index in [1.807, 2.05) is 32.9 Å². The van der Waals surface area contributed by atoms with Gasteiger partial charge in [0.2, 0.25) is 0 Å². The Kier molecular flexibility index (Phi) is 4.07. The molecule has 0 spiro atoms. The molecule has 2 heterocycles. The van der Waals surface area contributed by atoms with Crippen molar-refractivity contribution >= 4 is 17.0 Å². The number of nitrogens with zero attached hydrogens (tertiary/aromatic N) is 3. The highest BCUT2D eigenvalue weighted by atomic mass is 16.6. The molecule has 0 bridgehead atoms. The Bertz CT molecular complexity index is 989. The van der Waals surface area contributed by atoms with Crippen LogP contribution in [0.25, 0.3) is 10.9 Å². The van der Waals surface area contributed by atoms with E-state index in [-0.39, 0.29) is 17.4 Å². The zero-order valence-electron chi connectivity index (χ0n) is 15.6. The fourth-order valence-corrected chi connectivity index (χ4v) is 3.62. The number of aliphatic hydroxyl groups excluding tert-OH is 1. The Balaban J connectivity index is 1.98. The molecule has 142 valence electrons. The lowest BCUT2D eigenvalue weighted by molar-refractivity contribution is 0.0504. The second-order valence-corrected chi connectivity index (χ2v) is 8.14. The molecular weight excluding hydrogens is 346 g/mol. The molecule has 1 aliphatic carbocycles. The van der Waals surface area contributed by atoms with Gasteiger partial charge in [0, 0.05) is 0 Å². The van der Waals surface area contributed by atoms with Gasteiger partial charge in [0.15, 0.2) is 5.82 Å². The normalized spacial score (nSPS) is 23.4. The molecule has 1 aromatic heterocycles. The van der Waals surface area contributed by atoms with E-state index in [2.05, 4.69) is 4.98 Å². The second kappa shape index (κ2) is 6.20. The molecule has 1 N–H and O–H groups in total. The molecule has 1 aliphatic heterocycles. The lowest BCUT2D eigenvalue weighted by Gasteiger charge is -2.32. The van der Waals surface area contributed by atoms with Crippen molar-refractivity contribution in [3.05, 3.63) is 52.6 Å². The molecule has 7 nitrogen and oxygen atoms in total. The van der Waals surface area contributed by atoms with Crippen molar-refractivity contribution in [2.24, 2.45) is 5.41 Å². The minimum Gasteiger partial charge on any atom is -0.438 e. The van der Waals surface area contributed by atoms with Gasteiger partial charge in [-0.05, 0) is 36.5 Å². The zero-order valence-corrected chi connectivity index (χ0v) is 15.6. The van der Waals surface area contributed by atoms with Crippen molar-refractivity contribution in [3.8, 4) is 0 Å². The topological polar surface area (TPSA) is 84.7 Å². The number of aliphatic hydroxyl groups is 1. The number of benzene rings is 1. The van der Waals surface area contributed by atoms with Crippen LogP contribution >= 0.6 is 0 Å². The van der Waals surface area contributed by atoms with E-state index >= 15 is 0 Å². The van der Waals surface area contributed by atoms with Crippen LogP contribution in [0.3, 0.4) is 0 Å². The summed E-state index contributed by atoms with van der Waals surface area (Å²) in [5.41, 5.74) is -0.463. The molecule has 27 heavy (non-hydrogen) atoms. The monoisotopic (exact) mass is 369 g/mol. The molecule has 0 unspecified atom stereocenters. The van der Waals surface area contributed by atoms with Crippen LogP contribution < -0.4 is 10.6 Å². The number of carbonyl (C=O) groups excluding carboxylic acids is 1. The van der Waals surface area contributed by atoms with E-state index in [1.165, 1.54) is 9.69 Å². The molecule has 1 fully saturated rings. The molecule has 1 saturated heterocycles. The van der Waals surface area contributed by atoms with Crippen molar-refractivity contribution in [2.75, 3.05) is 5.01 Å². The van der Waals surface area contributed by atoms with Gasteiger partial charge in [-0.1, -0.05) is 39.0 Å². The Morgan fingerprint density at radius 2 is 2.00 bits per heavy atom. The third-order valence-electron chi connectivity index (χ3n) is 5.13. The number of hydrogen-bond donors (Lipinski definition) is 1. The Hall–Kier alpha value is -2.67. The van der Waals surface area contributed by atoms with E-state index in [0.29, 0.717) is 17.3 Å². The molecule has 1 amide bonds. The van der Waals surface area contributed by atoms with E-state index in [9.17, 15) is 14.7 Å². The van der Waals surface area contributed by atoms with Crippen molar-refractivity contribution in [1.29, 1.82) is 0 Å². The highest BCUT2D eigenvalue weighted by molar-refractivity contribution is 5.84. The van der Waals surface area contributed by atoms with Gasteiger partial charge in [-0.15, -0.1) is 0 Å². The van der Waals surface area contributed by atoms with E-state index in [0.717, 1.165) is 6.42 Å². The van der Waals surface area contributed by atoms with Crippen LogP contribution in [0.15, 0.2) is 41.2 Å². The lowest BCUT2D eigenvalue weighted by Crippen LogP contribution is -2.52. The first-order valence-electron chi connectivity index (χ1n) is 9.15. The summed E-state index contributed by atoms with van der Waals surface area (Å²) in [6.07, 6.45) is 3.26. The molecule has 4 rings (SSSR count). The van der Waals surface area contributed by atoms with Gasteiger partial charge >= 0.3 is 6.09 Å². The Morgan fingerprint density at radius 1 is 1.26 bits per heavy atom. The highest BCUT2D eigenvalue weighted by Gasteiger charge is 2.45. The third-order valence-corrected chi connectivity index (χ3v) is 5.13. The number of fused-ring (bicyclic) bond motifs is 2. The number of para-hydroxylation sites is 1. The molecule has 0 radical (unpaired) electrons. The number of rotatable bonds is 2. The standard InChI is InChI=1S/C20H23N3O4/c1-20(2,3)16(24)17-21-13-9-5-4-8-12(13)18(25)23(17)22-14-10-6-7-11-15(14)27-19(22)26/h4-5,7-9,11,14-16,24H,6,10H2,1-3H3/t14-,15+,16-/m1/s1. The average molecular weight is 369 g/mol. The first kappa shape index (κ1) is 17.7. The minimum absolute atomic E-state index is 0.151. The number of carbonyl (C=O) groups is 1. The smallest absolute Gasteiger partial charge is 0.430 e. The minimum atomic E-state index is -1.04. The van der Waals surface area contributed by atoms with Gasteiger partial charge in [0.05, 0.1) is 16.9 Å². The van der Waals surface area contributed by atoms with Gasteiger partial charge in [-0.3, -0.25) is 4.79 Å². The molecule has 0 saturated carbocycles. The molecule has 2 aromatic rings. The van der Waals surface area contributed by atoms with Crippen LogP contribution in [0, 0.1) is 5.41 Å².